The number of aromatic nitrogens is 3. The van der Waals surface area contributed by atoms with Gasteiger partial charge in [0.25, 0.3) is 11.5 Å². The van der Waals surface area contributed by atoms with Crippen LogP contribution in [0.2, 0.25) is 10.0 Å². The van der Waals surface area contributed by atoms with Crippen LogP contribution in [-0.4, -0.2) is 102 Å². The molecule has 2 fully saturated rings. The number of hydrogen-bond acceptors (Lipinski definition) is 10. The van der Waals surface area contributed by atoms with E-state index in [1.165, 1.54) is 20.3 Å². The molecule has 0 spiro atoms. The molecule has 3 aromatic rings. The lowest BCUT2D eigenvalue weighted by molar-refractivity contribution is -0.127. The number of rotatable bonds is 11. The molecule has 1 N–H and O–H groups in total. The number of allylic oxidation sites excluding steroid dienone is 1. The molecule has 2 aromatic heterocycles. The van der Waals surface area contributed by atoms with Crippen molar-refractivity contribution in [3.05, 3.63) is 51.4 Å². The van der Waals surface area contributed by atoms with E-state index in [2.05, 4.69) is 33.6 Å². The number of amides is 1. The van der Waals surface area contributed by atoms with Crippen molar-refractivity contribution in [2.75, 3.05) is 59.4 Å². The summed E-state index contributed by atoms with van der Waals surface area (Å²) in [5, 5.41) is 4.19. The van der Waals surface area contributed by atoms with E-state index in [9.17, 15) is 14.4 Å². The number of methoxy groups -OCH3 is 2. The molecule has 5 rings (SSSR count). The van der Waals surface area contributed by atoms with Crippen molar-refractivity contribution in [2.24, 2.45) is 5.92 Å². The number of piperazine rings is 1. The van der Waals surface area contributed by atoms with Crippen molar-refractivity contribution in [1.82, 2.24) is 24.3 Å². The Bertz CT molecular complexity index is 1830. The van der Waals surface area contributed by atoms with Gasteiger partial charge in [-0.15, -0.1) is 0 Å². The van der Waals surface area contributed by atoms with Gasteiger partial charge in [-0.25, -0.2) is 4.98 Å². The van der Waals surface area contributed by atoms with E-state index < -0.39 is 0 Å². The largest absolute Gasteiger partial charge is 0.495 e. The van der Waals surface area contributed by atoms with Gasteiger partial charge in [0, 0.05) is 67.8 Å². The average Bonchev–Trinajstić information content (AvgIpc) is 3.51. The van der Waals surface area contributed by atoms with E-state index in [-0.39, 0.29) is 69.4 Å². The summed E-state index contributed by atoms with van der Waals surface area (Å²) >= 11 is 13.5. The zero-order valence-electron chi connectivity index (χ0n) is 27.3. The Morgan fingerprint density at radius 3 is 2.56 bits per heavy atom. The summed E-state index contributed by atoms with van der Waals surface area (Å²) in [6.07, 6.45) is 3.74. The molecule has 0 aliphatic carbocycles. The van der Waals surface area contributed by atoms with Crippen LogP contribution in [0.5, 0.6) is 11.5 Å². The van der Waals surface area contributed by atoms with Crippen LogP contribution < -0.4 is 20.3 Å². The van der Waals surface area contributed by atoms with E-state index in [0.29, 0.717) is 67.7 Å². The molecule has 254 valence electrons. The van der Waals surface area contributed by atoms with Crippen molar-refractivity contribution in [3.8, 4) is 34.5 Å². The molecule has 1 amide bonds. The monoisotopic (exact) mass is 696 g/mol. The molecule has 2 saturated heterocycles. The minimum atomic E-state index is -0.381. The molecule has 12 nitrogen and oxygen atoms in total. The lowest BCUT2D eigenvalue weighted by Gasteiger charge is -2.38. The molecular weight excluding hydrogens is 659 g/mol. The third kappa shape index (κ3) is 7.29. The van der Waals surface area contributed by atoms with E-state index in [0.717, 1.165) is 0 Å². The number of fused-ring (bicyclic) bond motifs is 1. The Morgan fingerprint density at radius 1 is 1.17 bits per heavy atom. The summed E-state index contributed by atoms with van der Waals surface area (Å²) < 4.78 is 18.2. The van der Waals surface area contributed by atoms with Crippen molar-refractivity contribution < 1.29 is 23.8 Å². The molecule has 1 unspecified atom stereocenters. The third-order valence-electron chi connectivity index (χ3n) is 8.86. The molecule has 2 aliphatic heterocycles. The quantitative estimate of drug-likeness (QED) is 0.233. The Morgan fingerprint density at radius 2 is 1.90 bits per heavy atom. The zero-order valence-corrected chi connectivity index (χ0v) is 28.9. The van der Waals surface area contributed by atoms with Gasteiger partial charge in [0.05, 0.1) is 49.1 Å². The molecule has 1 aromatic carbocycles. The van der Waals surface area contributed by atoms with Gasteiger partial charge >= 0.3 is 0 Å². The number of carbonyl (C=O) groups excluding carboxylic acids is 2. The van der Waals surface area contributed by atoms with E-state index in [1.54, 1.807) is 34.7 Å². The Kier molecular flexibility index (Phi) is 11.3. The fourth-order valence-electron chi connectivity index (χ4n) is 6.11. The molecule has 0 saturated carbocycles. The Labute approximate surface area is 289 Å². The number of benzene rings is 1. The second-order valence-corrected chi connectivity index (χ2v) is 12.5. The van der Waals surface area contributed by atoms with Gasteiger partial charge in [-0.3, -0.25) is 23.9 Å². The number of pyridine rings is 1. The van der Waals surface area contributed by atoms with Gasteiger partial charge in [0.2, 0.25) is 5.95 Å². The predicted molar refractivity (Wildman–Crippen MR) is 185 cm³/mol. The van der Waals surface area contributed by atoms with E-state index in [1.807, 2.05) is 7.05 Å². The maximum absolute atomic E-state index is 14.5. The summed E-state index contributed by atoms with van der Waals surface area (Å²) in [6, 6.07) is 2.96. The number of carbonyl (C=O) groups is 2. The van der Waals surface area contributed by atoms with Crippen molar-refractivity contribution in [1.29, 1.82) is 0 Å². The maximum Gasteiger partial charge on any atom is 0.298 e. The number of nitrogens with one attached hydrogen (secondary N) is 1. The number of anilines is 1. The van der Waals surface area contributed by atoms with Crippen LogP contribution in [0.25, 0.3) is 22.2 Å². The van der Waals surface area contributed by atoms with Crippen LogP contribution in [0.1, 0.15) is 19.8 Å². The average molecular weight is 698 g/mol. The van der Waals surface area contributed by atoms with Gasteiger partial charge in [-0.1, -0.05) is 35.7 Å². The minimum absolute atomic E-state index is 0.0470. The lowest BCUT2D eigenvalue weighted by atomic mass is 9.97. The number of ketones is 1. The highest BCUT2D eigenvalue weighted by Crippen LogP contribution is 2.45. The van der Waals surface area contributed by atoms with E-state index >= 15 is 0 Å². The summed E-state index contributed by atoms with van der Waals surface area (Å²) in [7, 11) is 4.93. The van der Waals surface area contributed by atoms with Gasteiger partial charge in [0.1, 0.15) is 17.1 Å². The van der Waals surface area contributed by atoms with Crippen LogP contribution >= 0.6 is 23.2 Å². The van der Waals surface area contributed by atoms with Crippen molar-refractivity contribution in [2.45, 2.75) is 38.4 Å². The first-order chi connectivity index (χ1) is 23.1. The molecule has 2 aliphatic rings. The number of halogens is 2. The number of hydrogen-bond donors (Lipinski definition) is 1. The standard InChI is InChI=1S/C34H38Cl2N6O6/c1-6-8-28(44)41-12-11-40(3)22(17-41)9-10-42-32-20(16-37-34(39-32)38-25-19-48-18-21(25)13-23(43)7-2)14-24(33(42)45)29-30(35)26(46-4)15-27(47-5)31(29)36/h7,14-16,21-22,25H,2,9-13,17-19H2,1,3-5H3,(H,37,38,39)/t21-,22?,25+/m0/s1. The highest BCUT2D eigenvalue weighted by Gasteiger charge is 2.31. The first-order valence-corrected chi connectivity index (χ1v) is 16.3. The van der Waals surface area contributed by atoms with E-state index in [4.69, 9.17) is 42.4 Å². The summed E-state index contributed by atoms with van der Waals surface area (Å²) in [5.41, 5.74) is 0.496. The van der Waals surface area contributed by atoms with Crippen LogP contribution in [0.15, 0.2) is 35.8 Å². The maximum atomic E-state index is 14.5. The van der Waals surface area contributed by atoms with Crippen LogP contribution in [0.4, 0.5) is 5.95 Å². The third-order valence-corrected chi connectivity index (χ3v) is 9.61. The topological polar surface area (TPSA) is 128 Å². The SMILES string of the molecule is C=CC(=O)C[C@H]1COC[C@H]1Nc1ncc2cc(-c3c(Cl)c(OC)cc(OC)c3Cl)c(=O)n(CCC3CN(C(=O)C#CC)CCN3C)c2n1. The number of ether oxygens (including phenoxy) is 3. The van der Waals surface area contributed by atoms with Crippen LogP contribution in [0, 0.1) is 17.8 Å². The smallest absolute Gasteiger partial charge is 0.298 e. The lowest BCUT2D eigenvalue weighted by Crippen LogP contribution is -2.53. The first-order valence-electron chi connectivity index (χ1n) is 15.5. The fourth-order valence-corrected chi connectivity index (χ4v) is 6.81. The molecule has 14 heteroatoms. The van der Waals surface area contributed by atoms with Gasteiger partial charge in [-0.2, -0.15) is 4.98 Å². The molecule has 0 radical (unpaired) electrons. The highest BCUT2D eigenvalue weighted by atomic mass is 35.5. The Hall–Kier alpha value is -4.15. The number of nitrogens with zero attached hydrogens (tertiary/aromatic N) is 5. The normalized spacial score (nSPS) is 19.5. The first kappa shape index (κ1) is 35.2. The van der Waals surface area contributed by atoms with Gasteiger partial charge in [-0.05, 0) is 38.5 Å². The second kappa shape index (κ2) is 15.4. The van der Waals surface area contributed by atoms with Crippen LogP contribution in [-0.2, 0) is 20.9 Å². The van der Waals surface area contributed by atoms with Crippen LogP contribution in [0.3, 0.4) is 0 Å². The molecule has 0 bridgehead atoms. The molecule has 48 heavy (non-hydrogen) atoms. The summed E-state index contributed by atoms with van der Waals surface area (Å²) in [5.74, 6) is 5.81. The highest BCUT2D eigenvalue weighted by molar-refractivity contribution is 6.41. The molecule has 4 heterocycles. The fraction of sp³-hybridized carbons (Fsp3) is 0.441. The van der Waals surface area contributed by atoms with Gasteiger partial charge in [0.15, 0.2) is 5.78 Å². The number of likely N-dealkylation sites (N-methyl/N-ethyl adjacent to an activating group) is 1. The minimum Gasteiger partial charge on any atom is -0.495 e. The van der Waals surface area contributed by atoms with Crippen molar-refractivity contribution in [3.63, 3.8) is 0 Å². The molecular formula is C34H38Cl2N6O6. The Balaban J connectivity index is 1.58. The number of aryl methyl sites for hydroxylation is 1. The van der Waals surface area contributed by atoms with Gasteiger partial charge < -0.3 is 24.4 Å². The summed E-state index contributed by atoms with van der Waals surface area (Å²) in [6.45, 7) is 7.97. The van der Waals surface area contributed by atoms with Crippen molar-refractivity contribution >= 4 is 51.9 Å². The second-order valence-electron chi connectivity index (χ2n) is 11.7. The molecule has 3 atom stereocenters. The zero-order chi connectivity index (χ0) is 34.5. The predicted octanol–water partition coefficient (Wildman–Crippen LogP) is 3.91. The summed E-state index contributed by atoms with van der Waals surface area (Å²) in [4.78, 5) is 52.4.